The fraction of sp³-hybridized carbons (Fsp3) is 0.345. The molecule has 0 atom stereocenters. The summed E-state index contributed by atoms with van der Waals surface area (Å²) in [4.78, 5) is 38.3. The summed E-state index contributed by atoms with van der Waals surface area (Å²) < 4.78 is 13.3. The highest BCUT2D eigenvalue weighted by molar-refractivity contribution is 5.92. The molecule has 9 heteroatoms. The number of aromatic nitrogens is 4. The fourth-order valence-corrected chi connectivity index (χ4v) is 3.29. The predicted octanol–water partition coefficient (Wildman–Crippen LogP) is 5.95. The van der Waals surface area contributed by atoms with Crippen molar-refractivity contribution in [3.05, 3.63) is 72.6 Å². The topological polar surface area (TPSA) is 108 Å². The number of carbonyl (C=O) groups excluding carboxylic acids is 2. The molecular formula is C29H35N5O4. The summed E-state index contributed by atoms with van der Waals surface area (Å²) in [5.74, 6) is 0.284. The third kappa shape index (κ3) is 7.38. The lowest BCUT2D eigenvalue weighted by Gasteiger charge is -2.16. The summed E-state index contributed by atoms with van der Waals surface area (Å²) in [6.07, 6.45) is 8.96. The quantitative estimate of drug-likeness (QED) is 0.201. The van der Waals surface area contributed by atoms with E-state index < -0.39 is 5.41 Å². The van der Waals surface area contributed by atoms with Gasteiger partial charge in [0.1, 0.15) is 12.4 Å². The lowest BCUT2D eigenvalue weighted by atomic mass is 9.97. The highest BCUT2D eigenvalue weighted by atomic mass is 16.5. The van der Waals surface area contributed by atoms with Crippen molar-refractivity contribution in [1.29, 1.82) is 0 Å². The highest BCUT2D eigenvalue weighted by Crippen LogP contribution is 2.26. The molecule has 3 rings (SSSR count). The third-order valence-corrected chi connectivity index (χ3v) is 5.50. The van der Waals surface area contributed by atoms with E-state index in [0.29, 0.717) is 16.9 Å². The van der Waals surface area contributed by atoms with E-state index in [0.717, 1.165) is 11.1 Å². The van der Waals surface area contributed by atoms with E-state index in [1.165, 1.54) is 0 Å². The number of fused-ring (bicyclic) bond motifs is 1. The molecule has 1 amide bonds. The Morgan fingerprint density at radius 3 is 2.47 bits per heavy atom. The molecule has 0 bridgehead atoms. The summed E-state index contributed by atoms with van der Waals surface area (Å²) in [5.41, 5.74) is 2.14. The minimum atomic E-state index is -0.594. The molecule has 0 aliphatic heterocycles. The number of esters is 1. The van der Waals surface area contributed by atoms with Crippen molar-refractivity contribution >= 4 is 29.0 Å². The summed E-state index contributed by atoms with van der Waals surface area (Å²) in [6.45, 7) is 15.2. The maximum atomic E-state index is 12.7. The summed E-state index contributed by atoms with van der Waals surface area (Å²) in [6, 6.07) is 7.16. The molecule has 3 aromatic rings. The molecule has 9 nitrogen and oxygen atoms in total. The van der Waals surface area contributed by atoms with Crippen molar-refractivity contribution in [2.75, 3.05) is 5.32 Å². The van der Waals surface area contributed by atoms with Crippen LogP contribution in [0.15, 0.2) is 67.0 Å². The smallest absolute Gasteiger partial charge is 0.316 e. The Labute approximate surface area is 223 Å². The van der Waals surface area contributed by atoms with Crippen molar-refractivity contribution in [1.82, 2.24) is 19.5 Å². The predicted molar refractivity (Wildman–Crippen MR) is 148 cm³/mol. The maximum absolute atomic E-state index is 12.7. The van der Waals surface area contributed by atoms with Crippen LogP contribution in [0.2, 0.25) is 0 Å². The zero-order valence-corrected chi connectivity index (χ0v) is 22.8. The Kier molecular flexibility index (Phi) is 9.17. The lowest BCUT2D eigenvalue weighted by Crippen LogP contribution is -2.25. The molecule has 0 radical (unpaired) electrons. The van der Waals surface area contributed by atoms with Crippen LogP contribution >= 0.6 is 0 Å². The standard InChI is InChI=1S/C29H35N5O4/c1-8-10-11-20(9-2)16-23(35)31-28-32-25-24(30-18-34(25)19(3)4)26(33-28)37-17-21-12-14-22(15-13-21)38-27(36)29(5,6)7/h8-15,18-19H,1,16-17H2,2-7H3,(H,31,32,33,35)/b11-10-,20-9+. The second kappa shape index (κ2) is 12.3. The molecule has 0 saturated heterocycles. The van der Waals surface area contributed by atoms with Crippen LogP contribution in [-0.2, 0) is 16.2 Å². The van der Waals surface area contributed by atoms with Crippen LogP contribution in [0.1, 0.15) is 59.6 Å². The van der Waals surface area contributed by atoms with Crippen LogP contribution in [0, 0.1) is 5.41 Å². The van der Waals surface area contributed by atoms with E-state index in [9.17, 15) is 9.59 Å². The van der Waals surface area contributed by atoms with E-state index in [1.807, 2.05) is 49.6 Å². The van der Waals surface area contributed by atoms with Gasteiger partial charge in [-0.3, -0.25) is 14.9 Å². The van der Waals surface area contributed by atoms with Gasteiger partial charge in [-0.05, 0) is 64.8 Å². The fourth-order valence-electron chi connectivity index (χ4n) is 3.29. The minimum Gasteiger partial charge on any atom is -0.471 e. The number of rotatable bonds is 10. The molecule has 0 aliphatic rings. The number of imidazole rings is 1. The molecule has 0 saturated carbocycles. The SMILES string of the molecule is C=C/C=C\C(=C/C)CC(=O)Nc1nc(OCc2ccc(OC(=O)C(C)(C)C)cc2)c2ncn(C(C)C)c2n1. The number of allylic oxidation sites excluding steroid dienone is 4. The molecule has 1 N–H and O–H groups in total. The first kappa shape index (κ1) is 28.3. The molecule has 0 unspecified atom stereocenters. The molecule has 0 spiro atoms. The van der Waals surface area contributed by atoms with Gasteiger partial charge in [0.05, 0.1) is 18.2 Å². The molecule has 200 valence electrons. The van der Waals surface area contributed by atoms with Gasteiger partial charge in [-0.15, -0.1) is 0 Å². The number of nitrogens with one attached hydrogen (secondary N) is 1. The van der Waals surface area contributed by atoms with Crippen molar-refractivity contribution in [3.63, 3.8) is 0 Å². The van der Waals surface area contributed by atoms with Crippen molar-refractivity contribution < 1.29 is 19.1 Å². The van der Waals surface area contributed by atoms with E-state index in [4.69, 9.17) is 9.47 Å². The molecule has 0 aliphatic carbocycles. The van der Waals surface area contributed by atoms with E-state index in [1.54, 1.807) is 51.4 Å². The lowest BCUT2D eigenvalue weighted by molar-refractivity contribution is -0.143. The van der Waals surface area contributed by atoms with Crippen LogP contribution < -0.4 is 14.8 Å². The third-order valence-electron chi connectivity index (χ3n) is 5.50. The Morgan fingerprint density at radius 1 is 1.16 bits per heavy atom. The van der Waals surface area contributed by atoms with Crippen LogP contribution in [-0.4, -0.2) is 31.4 Å². The number of anilines is 1. The number of ether oxygens (including phenoxy) is 2. The van der Waals surface area contributed by atoms with Gasteiger partial charge in [0.25, 0.3) is 0 Å². The Bertz CT molecular complexity index is 1360. The van der Waals surface area contributed by atoms with Gasteiger partial charge in [0, 0.05) is 6.04 Å². The number of benzene rings is 1. The Morgan fingerprint density at radius 2 is 1.87 bits per heavy atom. The first-order valence-electron chi connectivity index (χ1n) is 12.4. The van der Waals surface area contributed by atoms with Crippen LogP contribution in [0.3, 0.4) is 0 Å². The summed E-state index contributed by atoms with van der Waals surface area (Å²) in [7, 11) is 0. The minimum absolute atomic E-state index is 0.0910. The molecule has 38 heavy (non-hydrogen) atoms. The van der Waals surface area contributed by atoms with Gasteiger partial charge in [0.15, 0.2) is 11.2 Å². The zero-order chi connectivity index (χ0) is 27.9. The van der Waals surface area contributed by atoms with Gasteiger partial charge >= 0.3 is 5.97 Å². The molecule has 2 heterocycles. The second-order valence-electron chi connectivity index (χ2n) is 10.0. The average molecular weight is 518 g/mol. The van der Waals surface area contributed by atoms with Gasteiger partial charge in [-0.2, -0.15) is 9.97 Å². The highest BCUT2D eigenvalue weighted by Gasteiger charge is 2.23. The number of nitrogens with zero attached hydrogens (tertiary/aromatic N) is 4. The van der Waals surface area contributed by atoms with Crippen molar-refractivity contribution in [2.45, 2.75) is 60.6 Å². The van der Waals surface area contributed by atoms with Crippen molar-refractivity contribution in [3.8, 4) is 11.6 Å². The number of amides is 1. The second-order valence-corrected chi connectivity index (χ2v) is 10.0. The van der Waals surface area contributed by atoms with Crippen LogP contribution in [0.5, 0.6) is 11.6 Å². The first-order valence-corrected chi connectivity index (χ1v) is 12.4. The van der Waals surface area contributed by atoms with Gasteiger partial charge < -0.3 is 14.0 Å². The van der Waals surface area contributed by atoms with E-state index in [-0.39, 0.29) is 42.8 Å². The summed E-state index contributed by atoms with van der Waals surface area (Å²) in [5, 5.41) is 2.78. The molecule has 2 aromatic heterocycles. The molecular weight excluding hydrogens is 482 g/mol. The number of carbonyl (C=O) groups is 2. The maximum Gasteiger partial charge on any atom is 0.316 e. The number of hydrogen-bond donors (Lipinski definition) is 1. The summed E-state index contributed by atoms with van der Waals surface area (Å²) >= 11 is 0. The number of hydrogen-bond acceptors (Lipinski definition) is 7. The van der Waals surface area contributed by atoms with Crippen LogP contribution in [0.4, 0.5) is 5.95 Å². The largest absolute Gasteiger partial charge is 0.471 e. The van der Waals surface area contributed by atoms with Gasteiger partial charge in [0.2, 0.25) is 17.7 Å². The Hall–Kier alpha value is -4.27. The van der Waals surface area contributed by atoms with Gasteiger partial charge in [-0.25, -0.2) is 4.98 Å². The average Bonchev–Trinajstić information content (AvgIpc) is 3.29. The monoisotopic (exact) mass is 517 g/mol. The van der Waals surface area contributed by atoms with Crippen LogP contribution in [0.25, 0.3) is 11.2 Å². The molecule has 1 aromatic carbocycles. The Balaban J connectivity index is 1.80. The van der Waals surface area contributed by atoms with E-state index in [2.05, 4.69) is 26.8 Å². The first-order chi connectivity index (χ1) is 18.0. The van der Waals surface area contributed by atoms with E-state index >= 15 is 0 Å². The normalized spacial score (nSPS) is 12.2. The zero-order valence-electron chi connectivity index (χ0n) is 22.8. The molecule has 0 fully saturated rings. The van der Waals surface area contributed by atoms with Crippen molar-refractivity contribution in [2.24, 2.45) is 5.41 Å². The van der Waals surface area contributed by atoms with Gasteiger partial charge in [-0.1, -0.05) is 43.0 Å².